The van der Waals surface area contributed by atoms with Gasteiger partial charge in [-0.05, 0) is 37.2 Å². The van der Waals surface area contributed by atoms with Crippen LogP contribution >= 0.6 is 0 Å². The van der Waals surface area contributed by atoms with Crippen LogP contribution in [0, 0.1) is 5.82 Å². The van der Waals surface area contributed by atoms with E-state index in [-0.39, 0.29) is 11.9 Å². The number of nitrogens with zero attached hydrogens (tertiary/aromatic N) is 2. The molecular weight excluding hydrogens is 329 g/mol. The highest BCUT2D eigenvalue weighted by Gasteiger charge is 2.23. The van der Waals surface area contributed by atoms with Gasteiger partial charge in [-0.2, -0.15) is 0 Å². The maximum atomic E-state index is 13.3. The Kier molecular flexibility index (Phi) is 6.36. The molecule has 0 bridgehead atoms. The summed E-state index contributed by atoms with van der Waals surface area (Å²) in [5, 5.41) is 2.99. The SMILES string of the molecule is CN1CCN(C(CNC(=O)c2cccc(F)c2)Cc2ccccc2)CC1. The van der Waals surface area contributed by atoms with E-state index in [9.17, 15) is 9.18 Å². The van der Waals surface area contributed by atoms with E-state index in [4.69, 9.17) is 0 Å². The van der Waals surface area contributed by atoms with E-state index in [0.29, 0.717) is 12.1 Å². The zero-order chi connectivity index (χ0) is 18.4. The molecule has 0 radical (unpaired) electrons. The standard InChI is InChI=1S/C21H26FN3O/c1-24-10-12-25(13-11-24)20(14-17-6-3-2-4-7-17)16-23-21(26)18-8-5-9-19(22)15-18/h2-9,15,20H,10-14,16H2,1H3,(H,23,26). The van der Waals surface area contributed by atoms with Gasteiger partial charge in [-0.1, -0.05) is 36.4 Å². The van der Waals surface area contributed by atoms with Crippen molar-refractivity contribution in [1.29, 1.82) is 0 Å². The lowest BCUT2D eigenvalue weighted by Crippen LogP contribution is -2.53. The third-order valence-corrected chi connectivity index (χ3v) is 4.95. The Bertz CT molecular complexity index is 714. The molecule has 138 valence electrons. The number of rotatable bonds is 6. The Morgan fingerprint density at radius 2 is 1.81 bits per heavy atom. The molecule has 1 atom stereocenters. The maximum absolute atomic E-state index is 13.3. The average Bonchev–Trinajstić information content (AvgIpc) is 2.66. The van der Waals surface area contributed by atoms with Crippen LogP contribution in [0.5, 0.6) is 0 Å². The van der Waals surface area contributed by atoms with E-state index in [0.717, 1.165) is 32.6 Å². The molecule has 26 heavy (non-hydrogen) atoms. The van der Waals surface area contributed by atoms with Crippen molar-refractivity contribution < 1.29 is 9.18 Å². The van der Waals surface area contributed by atoms with Gasteiger partial charge in [0.25, 0.3) is 5.91 Å². The second-order valence-corrected chi connectivity index (χ2v) is 6.90. The Balaban J connectivity index is 1.65. The van der Waals surface area contributed by atoms with Crippen LogP contribution in [0.2, 0.25) is 0 Å². The van der Waals surface area contributed by atoms with Crippen LogP contribution in [0.1, 0.15) is 15.9 Å². The largest absolute Gasteiger partial charge is 0.350 e. The summed E-state index contributed by atoms with van der Waals surface area (Å²) in [5.41, 5.74) is 1.62. The first-order valence-corrected chi connectivity index (χ1v) is 9.12. The van der Waals surface area contributed by atoms with Crippen molar-refractivity contribution in [2.45, 2.75) is 12.5 Å². The van der Waals surface area contributed by atoms with E-state index < -0.39 is 5.82 Å². The van der Waals surface area contributed by atoms with Gasteiger partial charge in [-0.25, -0.2) is 4.39 Å². The first-order valence-electron chi connectivity index (χ1n) is 9.12. The fraction of sp³-hybridized carbons (Fsp3) is 0.381. The molecule has 1 N–H and O–H groups in total. The number of likely N-dealkylation sites (N-methyl/N-ethyl adjacent to an activating group) is 1. The normalized spacial score (nSPS) is 17.0. The Labute approximate surface area is 154 Å². The quantitative estimate of drug-likeness (QED) is 0.864. The molecule has 2 aromatic carbocycles. The summed E-state index contributed by atoms with van der Waals surface area (Å²) in [6, 6.07) is 16.4. The molecule has 1 unspecified atom stereocenters. The van der Waals surface area contributed by atoms with Crippen molar-refractivity contribution in [3.8, 4) is 0 Å². The molecule has 1 heterocycles. The molecule has 0 spiro atoms. The minimum absolute atomic E-state index is 0.225. The smallest absolute Gasteiger partial charge is 0.251 e. The summed E-state index contributed by atoms with van der Waals surface area (Å²) in [5.74, 6) is -0.616. The first-order chi connectivity index (χ1) is 12.6. The van der Waals surface area contributed by atoms with E-state index in [1.807, 2.05) is 18.2 Å². The minimum Gasteiger partial charge on any atom is -0.350 e. The average molecular weight is 355 g/mol. The lowest BCUT2D eigenvalue weighted by molar-refractivity contribution is 0.0885. The third-order valence-electron chi connectivity index (χ3n) is 4.95. The van der Waals surface area contributed by atoms with Crippen molar-refractivity contribution in [2.75, 3.05) is 39.8 Å². The number of piperazine rings is 1. The van der Waals surface area contributed by atoms with Gasteiger partial charge < -0.3 is 10.2 Å². The van der Waals surface area contributed by atoms with Gasteiger partial charge in [0, 0.05) is 44.3 Å². The molecule has 0 aromatic heterocycles. The Morgan fingerprint density at radius 3 is 2.50 bits per heavy atom. The van der Waals surface area contributed by atoms with Gasteiger partial charge in [0.2, 0.25) is 0 Å². The van der Waals surface area contributed by atoms with Gasteiger partial charge in [0.1, 0.15) is 5.82 Å². The summed E-state index contributed by atoms with van der Waals surface area (Å²) in [7, 11) is 2.13. The number of halogens is 1. The van der Waals surface area contributed by atoms with Crippen molar-refractivity contribution in [3.05, 3.63) is 71.5 Å². The van der Waals surface area contributed by atoms with Gasteiger partial charge in [0.15, 0.2) is 0 Å². The summed E-state index contributed by atoms with van der Waals surface area (Å²) in [6.07, 6.45) is 0.883. The molecule has 1 saturated heterocycles. The van der Waals surface area contributed by atoms with Crippen LogP contribution < -0.4 is 5.32 Å². The number of carbonyl (C=O) groups is 1. The second-order valence-electron chi connectivity index (χ2n) is 6.90. The molecule has 1 aliphatic heterocycles. The molecule has 1 amide bonds. The molecule has 1 fully saturated rings. The summed E-state index contributed by atoms with van der Waals surface area (Å²) >= 11 is 0. The van der Waals surface area contributed by atoms with Crippen molar-refractivity contribution in [2.24, 2.45) is 0 Å². The van der Waals surface area contributed by atoms with Crippen LogP contribution in [0.15, 0.2) is 54.6 Å². The topological polar surface area (TPSA) is 35.6 Å². The van der Waals surface area contributed by atoms with Gasteiger partial charge in [-0.15, -0.1) is 0 Å². The minimum atomic E-state index is -0.391. The van der Waals surface area contributed by atoms with Gasteiger partial charge >= 0.3 is 0 Å². The summed E-state index contributed by atoms with van der Waals surface area (Å²) in [6.45, 7) is 4.59. The zero-order valence-corrected chi connectivity index (χ0v) is 15.2. The molecule has 4 nitrogen and oxygen atoms in total. The van der Waals surface area contributed by atoms with Crippen molar-refractivity contribution >= 4 is 5.91 Å². The van der Waals surface area contributed by atoms with Crippen LogP contribution in [-0.4, -0.2) is 61.5 Å². The van der Waals surface area contributed by atoms with E-state index in [1.165, 1.54) is 17.7 Å². The predicted octanol–water partition coefficient (Wildman–Crippen LogP) is 2.41. The molecule has 3 rings (SSSR count). The molecule has 5 heteroatoms. The molecule has 0 aliphatic carbocycles. The lowest BCUT2D eigenvalue weighted by Gasteiger charge is -2.38. The Hall–Kier alpha value is -2.24. The third kappa shape index (κ3) is 5.13. The highest BCUT2D eigenvalue weighted by Crippen LogP contribution is 2.12. The molecule has 1 aliphatic rings. The fourth-order valence-corrected chi connectivity index (χ4v) is 3.35. The molecule has 0 saturated carbocycles. The van der Waals surface area contributed by atoms with Gasteiger partial charge in [-0.3, -0.25) is 9.69 Å². The van der Waals surface area contributed by atoms with Crippen molar-refractivity contribution in [3.63, 3.8) is 0 Å². The number of nitrogens with one attached hydrogen (secondary N) is 1. The number of amides is 1. The van der Waals surface area contributed by atoms with E-state index >= 15 is 0 Å². The second kappa shape index (κ2) is 8.92. The predicted molar refractivity (Wildman–Crippen MR) is 102 cm³/mol. The maximum Gasteiger partial charge on any atom is 0.251 e. The number of benzene rings is 2. The van der Waals surface area contributed by atoms with Gasteiger partial charge in [0.05, 0.1) is 0 Å². The summed E-state index contributed by atoms with van der Waals surface area (Å²) < 4.78 is 13.3. The fourth-order valence-electron chi connectivity index (χ4n) is 3.35. The lowest BCUT2D eigenvalue weighted by atomic mass is 10.0. The van der Waals surface area contributed by atoms with Crippen LogP contribution in [0.3, 0.4) is 0 Å². The van der Waals surface area contributed by atoms with Crippen molar-refractivity contribution in [1.82, 2.24) is 15.1 Å². The first kappa shape index (κ1) is 18.5. The number of hydrogen-bond acceptors (Lipinski definition) is 3. The van der Waals surface area contributed by atoms with Crippen LogP contribution in [-0.2, 0) is 6.42 Å². The number of carbonyl (C=O) groups excluding carboxylic acids is 1. The summed E-state index contributed by atoms with van der Waals surface area (Å²) in [4.78, 5) is 17.1. The monoisotopic (exact) mass is 355 g/mol. The highest BCUT2D eigenvalue weighted by atomic mass is 19.1. The number of hydrogen-bond donors (Lipinski definition) is 1. The Morgan fingerprint density at radius 1 is 1.08 bits per heavy atom. The molecular formula is C21H26FN3O. The highest BCUT2D eigenvalue weighted by molar-refractivity contribution is 5.94. The zero-order valence-electron chi connectivity index (χ0n) is 15.2. The molecule has 2 aromatic rings. The van der Waals surface area contributed by atoms with E-state index in [1.54, 1.807) is 12.1 Å². The van der Waals surface area contributed by atoms with E-state index in [2.05, 4.69) is 34.3 Å². The van der Waals surface area contributed by atoms with Crippen LogP contribution in [0.25, 0.3) is 0 Å². The van der Waals surface area contributed by atoms with Crippen LogP contribution in [0.4, 0.5) is 4.39 Å².